The summed E-state index contributed by atoms with van der Waals surface area (Å²) in [5.41, 5.74) is 3.84. The van der Waals surface area contributed by atoms with Crippen molar-refractivity contribution in [3.8, 4) is 0 Å². The number of hydrogen-bond acceptors (Lipinski definition) is 3. The molecule has 0 aromatic heterocycles. The zero-order valence-corrected chi connectivity index (χ0v) is 14.6. The molecule has 4 nitrogen and oxygen atoms in total. The number of carbonyl (C=O) groups excluding carboxylic acids is 2. The van der Waals surface area contributed by atoms with E-state index in [9.17, 15) is 9.59 Å². The number of benzene rings is 1. The van der Waals surface area contributed by atoms with Crippen molar-refractivity contribution in [2.75, 3.05) is 6.61 Å². The molecule has 1 saturated heterocycles. The third-order valence-corrected chi connectivity index (χ3v) is 4.90. The quantitative estimate of drug-likeness (QED) is 0.784. The number of hydrogen-bond donors (Lipinski definition) is 0. The topological polar surface area (TPSA) is 46.6 Å². The summed E-state index contributed by atoms with van der Waals surface area (Å²) in [6.45, 7) is 8.66. The second kappa shape index (κ2) is 7.62. The Morgan fingerprint density at radius 3 is 2.65 bits per heavy atom. The van der Waals surface area contributed by atoms with Crippen molar-refractivity contribution >= 4 is 12.0 Å². The number of imide groups is 1. The normalized spacial score (nSPS) is 18.9. The molecule has 1 aliphatic heterocycles. The molecule has 1 heterocycles. The highest BCUT2D eigenvalue weighted by Crippen LogP contribution is 2.27. The van der Waals surface area contributed by atoms with E-state index in [0.29, 0.717) is 18.9 Å². The lowest BCUT2D eigenvalue weighted by Crippen LogP contribution is -2.38. The average molecular weight is 317 g/mol. The number of cyclic esters (lactones) is 1. The molecule has 4 heteroatoms. The first-order chi connectivity index (χ1) is 11.0. The van der Waals surface area contributed by atoms with Gasteiger partial charge in [0.05, 0.1) is 6.04 Å². The van der Waals surface area contributed by atoms with Crippen molar-refractivity contribution in [1.82, 2.24) is 4.90 Å². The highest BCUT2D eigenvalue weighted by molar-refractivity contribution is 5.93. The fourth-order valence-corrected chi connectivity index (χ4v) is 3.11. The Labute approximate surface area is 138 Å². The van der Waals surface area contributed by atoms with Crippen LogP contribution in [-0.4, -0.2) is 29.5 Å². The highest BCUT2D eigenvalue weighted by Gasteiger charge is 2.36. The van der Waals surface area contributed by atoms with Crippen molar-refractivity contribution in [3.05, 3.63) is 34.9 Å². The molecule has 23 heavy (non-hydrogen) atoms. The van der Waals surface area contributed by atoms with E-state index in [2.05, 4.69) is 39.0 Å². The number of rotatable bonds is 6. The van der Waals surface area contributed by atoms with Gasteiger partial charge in [0.2, 0.25) is 5.91 Å². The van der Waals surface area contributed by atoms with Gasteiger partial charge >= 0.3 is 6.09 Å². The molecule has 126 valence electrons. The maximum Gasteiger partial charge on any atom is 0.416 e. The van der Waals surface area contributed by atoms with Crippen LogP contribution in [0.2, 0.25) is 0 Å². The first-order valence-electron chi connectivity index (χ1n) is 8.53. The highest BCUT2D eigenvalue weighted by atomic mass is 16.6. The van der Waals surface area contributed by atoms with Crippen LogP contribution in [0.5, 0.6) is 0 Å². The molecule has 0 bridgehead atoms. The van der Waals surface area contributed by atoms with Gasteiger partial charge in [0.15, 0.2) is 0 Å². The van der Waals surface area contributed by atoms with Gasteiger partial charge in [-0.1, -0.05) is 32.0 Å². The number of nitrogens with zero attached hydrogens (tertiary/aromatic N) is 1. The van der Waals surface area contributed by atoms with E-state index in [1.165, 1.54) is 21.6 Å². The van der Waals surface area contributed by atoms with Crippen LogP contribution in [0.1, 0.15) is 62.1 Å². The molecule has 0 saturated carbocycles. The number of carbonyl (C=O) groups is 2. The van der Waals surface area contributed by atoms with E-state index in [-0.39, 0.29) is 11.9 Å². The van der Waals surface area contributed by atoms with Gasteiger partial charge < -0.3 is 4.74 Å². The molecule has 0 radical (unpaired) electrons. The number of aryl methyl sites for hydroxylation is 2. The van der Waals surface area contributed by atoms with Gasteiger partial charge in [0, 0.05) is 6.42 Å². The Morgan fingerprint density at radius 2 is 2.04 bits per heavy atom. The van der Waals surface area contributed by atoms with E-state index in [4.69, 9.17) is 4.74 Å². The Balaban J connectivity index is 2.01. The second-order valence-electron chi connectivity index (χ2n) is 6.39. The summed E-state index contributed by atoms with van der Waals surface area (Å²) in [5, 5.41) is 0. The van der Waals surface area contributed by atoms with E-state index in [1.807, 2.05) is 6.92 Å². The van der Waals surface area contributed by atoms with Crippen LogP contribution in [0.15, 0.2) is 18.2 Å². The Hall–Kier alpha value is -1.84. The predicted octanol–water partition coefficient (Wildman–Crippen LogP) is 4.33. The maximum absolute atomic E-state index is 12.4. The minimum absolute atomic E-state index is 0.100. The molecule has 2 rings (SSSR count). The lowest BCUT2D eigenvalue weighted by Gasteiger charge is -2.20. The van der Waals surface area contributed by atoms with E-state index in [1.54, 1.807) is 0 Å². The molecule has 2 unspecified atom stereocenters. The Bertz CT molecular complexity index is 582. The molecule has 1 aromatic rings. The van der Waals surface area contributed by atoms with Gasteiger partial charge in [-0.2, -0.15) is 0 Å². The van der Waals surface area contributed by atoms with Gasteiger partial charge in [-0.25, -0.2) is 9.69 Å². The minimum Gasteiger partial charge on any atom is -0.447 e. The van der Waals surface area contributed by atoms with Gasteiger partial charge in [0.1, 0.15) is 6.61 Å². The lowest BCUT2D eigenvalue weighted by atomic mass is 9.89. The molecule has 0 aliphatic carbocycles. The van der Waals surface area contributed by atoms with Crippen LogP contribution in [-0.2, 0) is 9.53 Å². The van der Waals surface area contributed by atoms with Gasteiger partial charge in [0.25, 0.3) is 0 Å². The smallest absolute Gasteiger partial charge is 0.416 e. The maximum atomic E-state index is 12.4. The predicted molar refractivity (Wildman–Crippen MR) is 90.5 cm³/mol. The van der Waals surface area contributed by atoms with Gasteiger partial charge in [-0.3, -0.25) is 4.79 Å². The average Bonchev–Trinajstić information content (AvgIpc) is 2.92. The molecule has 1 aromatic carbocycles. The molecular weight excluding hydrogens is 290 g/mol. The molecule has 0 N–H and O–H groups in total. The van der Waals surface area contributed by atoms with Crippen LogP contribution in [0.3, 0.4) is 0 Å². The molecular formula is C19H27NO3. The van der Waals surface area contributed by atoms with Crippen molar-refractivity contribution in [3.63, 3.8) is 0 Å². The summed E-state index contributed by atoms with van der Waals surface area (Å²) in [5.74, 6) is 0.235. The largest absolute Gasteiger partial charge is 0.447 e. The first-order valence-corrected chi connectivity index (χ1v) is 8.53. The summed E-state index contributed by atoms with van der Waals surface area (Å²) in [4.78, 5) is 25.5. The van der Waals surface area contributed by atoms with Crippen LogP contribution in [0.25, 0.3) is 0 Å². The molecule has 1 fully saturated rings. The first kappa shape index (κ1) is 17.5. The van der Waals surface area contributed by atoms with Crippen molar-refractivity contribution < 1.29 is 14.3 Å². The number of ether oxygens (including phenoxy) is 1. The molecule has 1 aliphatic rings. The van der Waals surface area contributed by atoms with Crippen LogP contribution in [0, 0.1) is 13.8 Å². The Kier molecular flexibility index (Phi) is 5.80. The minimum atomic E-state index is -0.485. The van der Waals surface area contributed by atoms with Crippen molar-refractivity contribution in [2.45, 2.75) is 65.3 Å². The fraction of sp³-hybridized carbons (Fsp3) is 0.579. The van der Waals surface area contributed by atoms with Crippen LogP contribution in [0.4, 0.5) is 4.79 Å². The second-order valence-corrected chi connectivity index (χ2v) is 6.39. The van der Waals surface area contributed by atoms with Crippen molar-refractivity contribution in [2.24, 2.45) is 0 Å². The fourth-order valence-electron chi connectivity index (χ4n) is 3.11. The third kappa shape index (κ3) is 3.92. The van der Waals surface area contributed by atoms with Crippen LogP contribution < -0.4 is 0 Å². The standard InChI is InChI=1S/C19H27NO3/c1-5-15(16-8-7-13(3)14(4)11-16)9-10-18(21)20-17(6-2)12-23-19(20)22/h7-8,11,15,17H,5-6,9-10,12H2,1-4H3. The monoisotopic (exact) mass is 317 g/mol. The third-order valence-electron chi connectivity index (χ3n) is 4.90. The van der Waals surface area contributed by atoms with E-state index >= 15 is 0 Å². The van der Waals surface area contributed by atoms with Gasteiger partial charge in [-0.05, 0) is 55.7 Å². The molecule has 2 atom stereocenters. The summed E-state index contributed by atoms with van der Waals surface area (Å²) in [7, 11) is 0. The Morgan fingerprint density at radius 1 is 1.30 bits per heavy atom. The number of amides is 2. The van der Waals surface area contributed by atoms with Crippen molar-refractivity contribution in [1.29, 1.82) is 0 Å². The zero-order valence-electron chi connectivity index (χ0n) is 14.6. The zero-order chi connectivity index (χ0) is 17.0. The van der Waals surface area contributed by atoms with Gasteiger partial charge in [-0.15, -0.1) is 0 Å². The summed E-state index contributed by atoms with van der Waals surface area (Å²) in [6.07, 6.45) is 2.39. The summed E-state index contributed by atoms with van der Waals surface area (Å²) >= 11 is 0. The molecule has 0 spiro atoms. The lowest BCUT2D eigenvalue weighted by molar-refractivity contribution is -0.129. The van der Waals surface area contributed by atoms with E-state index < -0.39 is 6.09 Å². The summed E-state index contributed by atoms with van der Waals surface area (Å²) < 4.78 is 5.00. The summed E-state index contributed by atoms with van der Waals surface area (Å²) in [6, 6.07) is 6.41. The SMILES string of the molecule is CCC(CCC(=O)N1C(=O)OCC1CC)c1ccc(C)c(C)c1. The molecule has 2 amide bonds. The van der Waals surface area contributed by atoms with Crippen LogP contribution >= 0.6 is 0 Å². The van der Waals surface area contributed by atoms with E-state index in [0.717, 1.165) is 19.3 Å².